The number of amides is 2. The van der Waals surface area contributed by atoms with Crippen molar-refractivity contribution >= 4 is 17.6 Å². The van der Waals surface area contributed by atoms with E-state index in [2.05, 4.69) is 4.98 Å². The summed E-state index contributed by atoms with van der Waals surface area (Å²) in [6.45, 7) is 0.772. The van der Waals surface area contributed by atoms with Crippen molar-refractivity contribution in [2.24, 2.45) is 0 Å². The Kier molecular flexibility index (Phi) is 4.53. The van der Waals surface area contributed by atoms with Gasteiger partial charge in [0.05, 0.1) is 20.2 Å². The Bertz CT molecular complexity index is 866. The maximum Gasteiger partial charge on any atom is 0.266 e. The molecule has 2 aliphatic heterocycles. The van der Waals surface area contributed by atoms with Crippen LogP contribution in [-0.4, -0.2) is 61.2 Å². The van der Waals surface area contributed by atoms with Gasteiger partial charge in [-0.25, -0.2) is 4.98 Å². The van der Waals surface area contributed by atoms with Gasteiger partial charge in [0.15, 0.2) is 29.7 Å². The van der Waals surface area contributed by atoms with E-state index >= 15 is 0 Å². The van der Waals surface area contributed by atoms with E-state index in [0.717, 1.165) is 0 Å². The van der Waals surface area contributed by atoms with Gasteiger partial charge in [-0.2, -0.15) is 0 Å². The van der Waals surface area contributed by atoms with Gasteiger partial charge in [-0.05, 0) is 24.3 Å². The molecule has 0 atom stereocenters. The minimum atomic E-state index is -0.281. The van der Waals surface area contributed by atoms with E-state index < -0.39 is 0 Å². The second-order valence-electron chi connectivity index (χ2n) is 6.28. The van der Waals surface area contributed by atoms with Crippen LogP contribution in [0.15, 0.2) is 42.6 Å². The number of pyridine rings is 1. The number of hydrogen-bond acceptors (Lipinski definition) is 6. The standard InChI is InChI=1S/C19H19N3O5/c1-25-14-5-2-3-6-15(14)27-13-9-21(10-13)17(23)11-22-18(24)12-26-16-7-4-8-20-19(16)22/h2-8,13H,9-12H2,1H3. The molecule has 0 saturated carbocycles. The Hall–Kier alpha value is -3.29. The highest BCUT2D eigenvalue weighted by atomic mass is 16.5. The zero-order valence-corrected chi connectivity index (χ0v) is 14.8. The van der Waals surface area contributed by atoms with E-state index in [1.54, 1.807) is 30.3 Å². The Morgan fingerprint density at radius 2 is 2.00 bits per heavy atom. The van der Waals surface area contributed by atoms with Crippen LogP contribution < -0.4 is 19.1 Å². The van der Waals surface area contributed by atoms with Crippen LogP contribution in [0.25, 0.3) is 0 Å². The number of benzene rings is 1. The Morgan fingerprint density at radius 3 is 2.78 bits per heavy atom. The molecule has 2 amide bonds. The van der Waals surface area contributed by atoms with Crippen LogP contribution in [-0.2, 0) is 9.59 Å². The molecule has 8 heteroatoms. The summed E-state index contributed by atoms with van der Waals surface area (Å²) < 4.78 is 16.5. The topological polar surface area (TPSA) is 81.2 Å². The number of carbonyl (C=O) groups is 2. The first kappa shape index (κ1) is 17.1. The lowest BCUT2D eigenvalue weighted by Crippen LogP contribution is -2.59. The molecule has 8 nitrogen and oxygen atoms in total. The van der Waals surface area contributed by atoms with Gasteiger partial charge >= 0.3 is 0 Å². The van der Waals surface area contributed by atoms with E-state index in [1.165, 1.54) is 4.90 Å². The van der Waals surface area contributed by atoms with Gasteiger partial charge in [-0.15, -0.1) is 0 Å². The van der Waals surface area contributed by atoms with Gasteiger partial charge in [0.1, 0.15) is 12.6 Å². The molecule has 3 heterocycles. The first-order valence-electron chi connectivity index (χ1n) is 8.61. The summed E-state index contributed by atoms with van der Waals surface area (Å²) in [4.78, 5) is 31.9. The van der Waals surface area contributed by atoms with Crippen LogP contribution in [0.5, 0.6) is 17.2 Å². The van der Waals surface area contributed by atoms with Gasteiger partial charge in [-0.1, -0.05) is 12.1 Å². The van der Waals surface area contributed by atoms with Crippen molar-refractivity contribution in [2.45, 2.75) is 6.10 Å². The summed E-state index contributed by atoms with van der Waals surface area (Å²) in [5.41, 5.74) is 0. The molecule has 0 aliphatic carbocycles. The molecule has 140 valence electrons. The van der Waals surface area contributed by atoms with Gasteiger partial charge in [-0.3, -0.25) is 14.5 Å². The first-order chi connectivity index (χ1) is 13.2. The van der Waals surface area contributed by atoms with E-state index in [1.807, 2.05) is 24.3 Å². The number of aromatic nitrogens is 1. The van der Waals surface area contributed by atoms with Gasteiger partial charge in [0, 0.05) is 6.20 Å². The first-order valence-corrected chi connectivity index (χ1v) is 8.61. The molecule has 1 fully saturated rings. The maximum absolute atomic E-state index is 12.6. The van der Waals surface area contributed by atoms with Crippen LogP contribution >= 0.6 is 0 Å². The van der Waals surface area contributed by atoms with Crippen molar-refractivity contribution < 1.29 is 23.8 Å². The van der Waals surface area contributed by atoms with Crippen molar-refractivity contribution in [1.29, 1.82) is 0 Å². The third-order valence-corrected chi connectivity index (χ3v) is 4.52. The Labute approximate surface area is 156 Å². The van der Waals surface area contributed by atoms with Crippen LogP contribution in [0.1, 0.15) is 0 Å². The summed E-state index contributed by atoms with van der Waals surface area (Å²) >= 11 is 0. The van der Waals surface area contributed by atoms with Gasteiger partial charge < -0.3 is 19.1 Å². The summed E-state index contributed by atoms with van der Waals surface area (Å²) in [6, 6.07) is 10.8. The fourth-order valence-corrected chi connectivity index (χ4v) is 3.04. The third-order valence-electron chi connectivity index (χ3n) is 4.52. The smallest absolute Gasteiger partial charge is 0.266 e. The average Bonchev–Trinajstić information content (AvgIpc) is 2.66. The van der Waals surface area contributed by atoms with Crippen LogP contribution in [0, 0.1) is 0 Å². The van der Waals surface area contributed by atoms with Crippen molar-refractivity contribution in [3.8, 4) is 17.2 Å². The highest BCUT2D eigenvalue weighted by Crippen LogP contribution is 2.30. The molecule has 0 bridgehead atoms. The summed E-state index contributed by atoms with van der Waals surface area (Å²) in [5, 5.41) is 0. The second-order valence-corrected chi connectivity index (χ2v) is 6.28. The summed E-state index contributed by atoms with van der Waals surface area (Å²) in [6.07, 6.45) is 1.47. The van der Waals surface area contributed by atoms with E-state index in [4.69, 9.17) is 14.2 Å². The van der Waals surface area contributed by atoms with Crippen LogP contribution in [0.4, 0.5) is 5.82 Å². The predicted molar refractivity (Wildman–Crippen MR) is 96.1 cm³/mol. The van der Waals surface area contributed by atoms with Gasteiger partial charge in [0.2, 0.25) is 5.91 Å². The molecule has 0 spiro atoms. The monoisotopic (exact) mass is 369 g/mol. The zero-order chi connectivity index (χ0) is 18.8. The number of fused-ring (bicyclic) bond motifs is 1. The maximum atomic E-state index is 12.6. The molecule has 1 aromatic heterocycles. The number of carbonyl (C=O) groups excluding carboxylic acids is 2. The predicted octanol–water partition coefficient (Wildman–Crippen LogP) is 1.11. The molecule has 1 aromatic carbocycles. The number of methoxy groups -OCH3 is 1. The summed E-state index contributed by atoms with van der Waals surface area (Å²) in [5.74, 6) is 1.76. The Balaban J connectivity index is 1.35. The molecular formula is C19H19N3O5. The fraction of sp³-hybridized carbons (Fsp3) is 0.316. The van der Waals surface area contributed by atoms with Crippen LogP contribution in [0.2, 0.25) is 0 Å². The normalized spacial score (nSPS) is 16.3. The second kappa shape index (κ2) is 7.14. The third kappa shape index (κ3) is 3.38. The van der Waals surface area contributed by atoms with Crippen molar-refractivity contribution in [3.63, 3.8) is 0 Å². The lowest BCUT2D eigenvalue weighted by atomic mass is 10.1. The number of hydrogen-bond donors (Lipinski definition) is 0. The van der Waals surface area contributed by atoms with E-state index in [-0.39, 0.29) is 31.1 Å². The summed E-state index contributed by atoms with van der Waals surface area (Å²) in [7, 11) is 1.59. The molecule has 1 saturated heterocycles. The highest BCUT2D eigenvalue weighted by Gasteiger charge is 2.36. The number of nitrogens with zero attached hydrogens (tertiary/aromatic N) is 3. The largest absolute Gasteiger partial charge is 0.493 e. The van der Waals surface area contributed by atoms with Crippen LogP contribution in [0.3, 0.4) is 0 Å². The highest BCUT2D eigenvalue weighted by molar-refractivity contribution is 6.01. The number of likely N-dealkylation sites (tertiary alicyclic amines) is 1. The molecule has 2 aliphatic rings. The van der Waals surface area contributed by atoms with Crippen molar-refractivity contribution in [3.05, 3.63) is 42.6 Å². The lowest BCUT2D eigenvalue weighted by molar-refractivity contribution is -0.139. The minimum Gasteiger partial charge on any atom is -0.493 e. The average molecular weight is 369 g/mol. The quantitative estimate of drug-likeness (QED) is 0.785. The van der Waals surface area contributed by atoms with Crippen molar-refractivity contribution in [1.82, 2.24) is 9.88 Å². The zero-order valence-electron chi connectivity index (χ0n) is 14.8. The van der Waals surface area contributed by atoms with E-state index in [9.17, 15) is 9.59 Å². The number of anilines is 1. The van der Waals surface area contributed by atoms with Crippen molar-refractivity contribution in [2.75, 3.05) is 38.3 Å². The van der Waals surface area contributed by atoms with E-state index in [0.29, 0.717) is 36.2 Å². The molecule has 4 rings (SSSR count). The molecule has 2 aromatic rings. The fourth-order valence-electron chi connectivity index (χ4n) is 3.04. The lowest BCUT2D eigenvalue weighted by Gasteiger charge is -2.40. The molecule has 0 radical (unpaired) electrons. The number of ether oxygens (including phenoxy) is 3. The molecule has 27 heavy (non-hydrogen) atoms. The molecule has 0 unspecified atom stereocenters. The number of rotatable bonds is 5. The molecule has 0 N–H and O–H groups in total. The minimum absolute atomic E-state index is 0.0619. The Morgan fingerprint density at radius 1 is 1.22 bits per heavy atom. The SMILES string of the molecule is COc1ccccc1OC1CN(C(=O)CN2C(=O)COc3cccnc32)C1. The van der Waals surface area contributed by atoms with Gasteiger partial charge in [0.25, 0.3) is 5.91 Å². The number of para-hydroxylation sites is 2. The molecular weight excluding hydrogens is 350 g/mol.